The smallest absolute Gasteiger partial charge is 0.335 e. The maximum Gasteiger partial charge on any atom is 0.335 e. The molecule has 0 unspecified atom stereocenters. The van der Waals surface area contributed by atoms with E-state index in [-0.39, 0.29) is 5.56 Å². The quantitative estimate of drug-likeness (QED) is 0.552. The van der Waals surface area contributed by atoms with E-state index in [0.717, 1.165) is 34.1 Å². The standard InChI is InChI=1S/C21H19N5O2/c1-25(2)17-9-5-14(6-10-17)19-20(26-12-11-22-13-18(26)24-19)23-16-7-3-15(4-8-16)21(27)28/h3-13,23H,1-2H3,(H,27,28). The first-order valence-electron chi connectivity index (χ1n) is 8.73. The molecule has 0 saturated heterocycles. The van der Waals surface area contributed by atoms with Gasteiger partial charge in [0, 0.05) is 43.4 Å². The summed E-state index contributed by atoms with van der Waals surface area (Å²) in [7, 11) is 4.00. The van der Waals surface area contributed by atoms with Crippen LogP contribution in [-0.4, -0.2) is 39.5 Å². The van der Waals surface area contributed by atoms with Gasteiger partial charge in [-0.15, -0.1) is 0 Å². The minimum absolute atomic E-state index is 0.243. The van der Waals surface area contributed by atoms with Crippen LogP contribution in [0, 0.1) is 0 Å². The van der Waals surface area contributed by atoms with E-state index in [4.69, 9.17) is 10.1 Å². The summed E-state index contributed by atoms with van der Waals surface area (Å²) >= 11 is 0. The number of aromatic nitrogens is 3. The molecular formula is C21H19N5O2. The summed E-state index contributed by atoms with van der Waals surface area (Å²) in [4.78, 5) is 22.0. The third kappa shape index (κ3) is 3.25. The number of anilines is 3. The minimum Gasteiger partial charge on any atom is -0.478 e. The molecule has 28 heavy (non-hydrogen) atoms. The molecule has 0 bridgehead atoms. The number of nitrogens with one attached hydrogen (secondary N) is 1. The zero-order valence-electron chi connectivity index (χ0n) is 15.5. The first-order chi connectivity index (χ1) is 13.5. The minimum atomic E-state index is -0.950. The number of carboxylic acid groups (broad SMARTS) is 1. The second-order valence-corrected chi connectivity index (χ2v) is 6.56. The van der Waals surface area contributed by atoms with Crippen molar-refractivity contribution in [2.24, 2.45) is 0 Å². The largest absolute Gasteiger partial charge is 0.478 e. The summed E-state index contributed by atoms with van der Waals surface area (Å²) in [5, 5.41) is 12.4. The molecule has 0 radical (unpaired) electrons. The molecule has 2 aromatic carbocycles. The summed E-state index contributed by atoms with van der Waals surface area (Å²) in [6.45, 7) is 0. The van der Waals surface area contributed by atoms with Crippen LogP contribution in [0.15, 0.2) is 67.1 Å². The van der Waals surface area contributed by atoms with E-state index in [9.17, 15) is 4.79 Å². The third-order valence-corrected chi connectivity index (χ3v) is 4.48. The van der Waals surface area contributed by atoms with Crippen LogP contribution >= 0.6 is 0 Å². The Hall–Kier alpha value is -3.87. The molecule has 0 atom stereocenters. The molecule has 2 N–H and O–H groups in total. The molecule has 2 heterocycles. The van der Waals surface area contributed by atoms with Gasteiger partial charge in [-0.2, -0.15) is 0 Å². The number of nitrogens with zero attached hydrogens (tertiary/aromatic N) is 4. The summed E-state index contributed by atoms with van der Waals surface area (Å²) in [5.41, 5.74) is 4.61. The van der Waals surface area contributed by atoms with Crippen molar-refractivity contribution < 1.29 is 9.90 Å². The molecule has 2 aromatic heterocycles. The van der Waals surface area contributed by atoms with Gasteiger partial charge in [0.25, 0.3) is 0 Å². The Bertz CT molecular complexity index is 1130. The van der Waals surface area contributed by atoms with Crippen LogP contribution in [0.25, 0.3) is 16.9 Å². The molecule has 0 saturated carbocycles. The summed E-state index contributed by atoms with van der Waals surface area (Å²) in [6, 6.07) is 14.8. The summed E-state index contributed by atoms with van der Waals surface area (Å²) < 4.78 is 1.92. The van der Waals surface area contributed by atoms with Crippen molar-refractivity contribution in [1.82, 2.24) is 14.4 Å². The Morgan fingerprint density at radius 2 is 1.79 bits per heavy atom. The monoisotopic (exact) mass is 373 g/mol. The summed E-state index contributed by atoms with van der Waals surface area (Å²) in [5.74, 6) is -0.160. The molecular weight excluding hydrogens is 354 g/mol. The van der Waals surface area contributed by atoms with Gasteiger partial charge in [-0.25, -0.2) is 9.78 Å². The number of hydrogen-bond donors (Lipinski definition) is 2. The maximum absolute atomic E-state index is 11.1. The maximum atomic E-state index is 11.1. The molecule has 7 heteroatoms. The van der Waals surface area contributed by atoms with Gasteiger partial charge in [0.05, 0.1) is 11.8 Å². The molecule has 0 fully saturated rings. The molecule has 4 rings (SSSR count). The van der Waals surface area contributed by atoms with Crippen molar-refractivity contribution in [3.63, 3.8) is 0 Å². The highest BCUT2D eigenvalue weighted by Gasteiger charge is 2.15. The predicted octanol–water partition coefficient (Wildman–Crippen LogP) is 3.90. The van der Waals surface area contributed by atoms with E-state index in [1.807, 2.05) is 53.9 Å². The van der Waals surface area contributed by atoms with Gasteiger partial charge in [-0.1, -0.05) is 12.1 Å². The molecule has 140 valence electrons. The van der Waals surface area contributed by atoms with Crippen molar-refractivity contribution in [3.8, 4) is 11.3 Å². The van der Waals surface area contributed by atoms with Crippen molar-refractivity contribution in [2.45, 2.75) is 0 Å². The lowest BCUT2D eigenvalue weighted by Crippen LogP contribution is -2.07. The molecule has 7 nitrogen and oxygen atoms in total. The second kappa shape index (κ2) is 7.03. The number of benzene rings is 2. The topological polar surface area (TPSA) is 82.8 Å². The predicted molar refractivity (Wildman–Crippen MR) is 109 cm³/mol. The Kier molecular flexibility index (Phi) is 4.41. The van der Waals surface area contributed by atoms with E-state index < -0.39 is 5.97 Å². The number of rotatable bonds is 5. The lowest BCUT2D eigenvalue weighted by Gasteiger charge is -2.13. The highest BCUT2D eigenvalue weighted by molar-refractivity contribution is 5.88. The van der Waals surface area contributed by atoms with E-state index in [1.54, 1.807) is 36.7 Å². The fraction of sp³-hybridized carbons (Fsp3) is 0.0952. The lowest BCUT2D eigenvalue weighted by molar-refractivity contribution is 0.0697. The SMILES string of the molecule is CN(C)c1ccc(-c2nc3cnccn3c2Nc2ccc(C(=O)O)cc2)cc1. The lowest BCUT2D eigenvalue weighted by atomic mass is 10.1. The molecule has 0 aliphatic rings. The van der Waals surface area contributed by atoms with Crippen LogP contribution in [0.2, 0.25) is 0 Å². The Labute approximate surface area is 161 Å². The average molecular weight is 373 g/mol. The number of aromatic carboxylic acids is 1. The van der Waals surface area contributed by atoms with Gasteiger partial charge in [-0.3, -0.25) is 9.38 Å². The average Bonchev–Trinajstić information content (AvgIpc) is 3.07. The van der Waals surface area contributed by atoms with Crippen LogP contribution in [0.4, 0.5) is 17.2 Å². The van der Waals surface area contributed by atoms with Crippen LogP contribution in [0.1, 0.15) is 10.4 Å². The molecule has 0 aliphatic carbocycles. The Morgan fingerprint density at radius 1 is 1.07 bits per heavy atom. The van der Waals surface area contributed by atoms with Crippen molar-refractivity contribution >= 4 is 28.8 Å². The van der Waals surface area contributed by atoms with Crippen molar-refractivity contribution in [1.29, 1.82) is 0 Å². The third-order valence-electron chi connectivity index (χ3n) is 4.48. The van der Waals surface area contributed by atoms with E-state index in [0.29, 0.717) is 0 Å². The molecule has 0 amide bonds. The van der Waals surface area contributed by atoms with Crippen LogP contribution in [0.5, 0.6) is 0 Å². The van der Waals surface area contributed by atoms with E-state index in [2.05, 4.69) is 10.3 Å². The number of imidazole rings is 1. The van der Waals surface area contributed by atoms with Crippen LogP contribution in [0.3, 0.4) is 0 Å². The number of carboxylic acids is 1. The van der Waals surface area contributed by atoms with Gasteiger partial charge in [-0.05, 0) is 36.4 Å². The van der Waals surface area contributed by atoms with Crippen molar-refractivity contribution in [3.05, 3.63) is 72.7 Å². The number of fused-ring (bicyclic) bond motifs is 1. The number of hydrogen-bond acceptors (Lipinski definition) is 5. The van der Waals surface area contributed by atoms with Gasteiger partial charge < -0.3 is 15.3 Å². The summed E-state index contributed by atoms with van der Waals surface area (Å²) in [6.07, 6.45) is 5.25. The fourth-order valence-corrected chi connectivity index (χ4v) is 2.98. The van der Waals surface area contributed by atoms with Gasteiger partial charge >= 0.3 is 5.97 Å². The first-order valence-corrected chi connectivity index (χ1v) is 8.73. The Balaban J connectivity index is 1.78. The van der Waals surface area contributed by atoms with Crippen molar-refractivity contribution in [2.75, 3.05) is 24.3 Å². The Morgan fingerprint density at radius 3 is 2.43 bits per heavy atom. The van der Waals surface area contributed by atoms with Gasteiger partial charge in [0.2, 0.25) is 0 Å². The zero-order valence-corrected chi connectivity index (χ0v) is 15.5. The molecule has 4 aromatic rings. The van der Waals surface area contributed by atoms with E-state index in [1.165, 1.54) is 0 Å². The molecule has 0 spiro atoms. The second-order valence-electron chi connectivity index (χ2n) is 6.56. The highest BCUT2D eigenvalue weighted by Crippen LogP contribution is 2.32. The van der Waals surface area contributed by atoms with Gasteiger partial charge in [0.15, 0.2) is 5.65 Å². The van der Waals surface area contributed by atoms with Gasteiger partial charge in [0.1, 0.15) is 11.5 Å². The molecule has 0 aliphatic heterocycles. The first kappa shape index (κ1) is 17.5. The van der Waals surface area contributed by atoms with E-state index >= 15 is 0 Å². The van der Waals surface area contributed by atoms with Crippen LogP contribution < -0.4 is 10.2 Å². The fourth-order valence-electron chi connectivity index (χ4n) is 2.98. The normalized spacial score (nSPS) is 10.8. The zero-order chi connectivity index (χ0) is 19.7. The van der Waals surface area contributed by atoms with Crippen LogP contribution in [-0.2, 0) is 0 Å². The number of carbonyl (C=O) groups is 1. The highest BCUT2D eigenvalue weighted by atomic mass is 16.4.